The molecule has 3 heteroatoms. The number of hydrogen-bond donors (Lipinski definition) is 2. The number of unbranched alkanes of at least 4 members (excludes halogenated alkanes) is 3. The highest BCUT2D eigenvalue weighted by Gasteiger charge is 2.16. The summed E-state index contributed by atoms with van der Waals surface area (Å²) in [6.45, 7) is 6.14. The summed E-state index contributed by atoms with van der Waals surface area (Å²) >= 11 is 0. The van der Waals surface area contributed by atoms with E-state index in [0.717, 1.165) is 6.42 Å². The Hall–Kier alpha value is -0.990. The fraction of sp³-hybridized carbons (Fsp3) is 0.750. The first-order valence-electron chi connectivity index (χ1n) is 5.80. The van der Waals surface area contributed by atoms with Crippen LogP contribution in [0.1, 0.15) is 46.5 Å². The van der Waals surface area contributed by atoms with Crippen molar-refractivity contribution in [1.29, 1.82) is 0 Å². The van der Waals surface area contributed by atoms with Crippen molar-refractivity contribution in [3.05, 3.63) is 12.3 Å². The second-order valence-corrected chi connectivity index (χ2v) is 4.19. The van der Waals surface area contributed by atoms with Gasteiger partial charge in [-0.3, -0.25) is 4.79 Å². The lowest BCUT2D eigenvalue weighted by Gasteiger charge is -2.17. The zero-order valence-electron chi connectivity index (χ0n) is 10.1. The van der Waals surface area contributed by atoms with Gasteiger partial charge in [0, 0.05) is 0 Å². The van der Waals surface area contributed by atoms with Gasteiger partial charge in [-0.15, -0.1) is 0 Å². The predicted octanol–water partition coefficient (Wildman–Crippen LogP) is 2.18. The van der Waals surface area contributed by atoms with Gasteiger partial charge >= 0.3 is 0 Å². The molecule has 0 aliphatic heterocycles. The maximum atomic E-state index is 11.0. The van der Waals surface area contributed by atoms with E-state index in [1.807, 2.05) is 20.0 Å². The number of allylic oxidation sites excluding steroid dienone is 1. The first kappa shape index (κ1) is 14.0. The van der Waals surface area contributed by atoms with Gasteiger partial charge in [0.25, 0.3) is 0 Å². The summed E-state index contributed by atoms with van der Waals surface area (Å²) in [6, 6.07) is -0.257. The lowest BCUT2D eigenvalue weighted by molar-refractivity contribution is -0.120. The molecule has 3 N–H and O–H groups in total. The highest BCUT2D eigenvalue weighted by atomic mass is 16.1. The molecule has 0 spiro atoms. The molecular formula is C12H24N2O. The summed E-state index contributed by atoms with van der Waals surface area (Å²) in [7, 11) is 0. The van der Waals surface area contributed by atoms with Gasteiger partial charge in [-0.25, -0.2) is 0 Å². The molecule has 0 aliphatic rings. The molecule has 0 aromatic carbocycles. The molecular weight excluding hydrogens is 188 g/mol. The third-order valence-electron chi connectivity index (χ3n) is 2.34. The van der Waals surface area contributed by atoms with Crippen LogP contribution in [0.3, 0.4) is 0 Å². The fourth-order valence-corrected chi connectivity index (χ4v) is 1.37. The summed E-state index contributed by atoms with van der Waals surface area (Å²) < 4.78 is 0. The molecule has 0 bridgehead atoms. The minimum absolute atomic E-state index is 0.225. The van der Waals surface area contributed by atoms with Gasteiger partial charge in [0.2, 0.25) is 5.91 Å². The summed E-state index contributed by atoms with van der Waals surface area (Å²) in [4.78, 5) is 11.0. The van der Waals surface area contributed by atoms with Gasteiger partial charge in [0.05, 0.1) is 0 Å². The average molecular weight is 212 g/mol. The number of nitrogens with one attached hydrogen (secondary N) is 1. The van der Waals surface area contributed by atoms with Crippen LogP contribution in [0, 0.1) is 5.92 Å². The standard InChI is InChI=1S/C12H24N2O/c1-4-5-6-7-8-9-14-11(10(2)3)12(13)15/h8-11,14H,4-7H2,1-3H3,(H2,13,15)/t11-/m0/s1. The van der Waals surface area contributed by atoms with Crippen LogP contribution in [0.25, 0.3) is 0 Å². The highest BCUT2D eigenvalue weighted by molar-refractivity contribution is 5.80. The summed E-state index contributed by atoms with van der Waals surface area (Å²) in [5.74, 6) is -0.0639. The first-order chi connectivity index (χ1) is 7.09. The molecule has 88 valence electrons. The lowest BCUT2D eigenvalue weighted by atomic mass is 10.0. The first-order valence-corrected chi connectivity index (χ1v) is 5.80. The van der Waals surface area contributed by atoms with Crippen molar-refractivity contribution >= 4 is 5.91 Å². The predicted molar refractivity (Wildman–Crippen MR) is 64.2 cm³/mol. The molecule has 0 aromatic rings. The number of primary amides is 1. The van der Waals surface area contributed by atoms with E-state index in [-0.39, 0.29) is 17.9 Å². The molecule has 0 aliphatic carbocycles. The fourth-order valence-electron chi connectivity index (χ4n) is 1.37. The van der Waals surface area contributed by atoms with Crippen LogP contribution < -0.4 is 11.1 Å². The topological polar surface area (TPSA) is 55.1 Å². The number of nitrogens with two attached hydrogens (primary N) is 1. The summed E-state index contributed by atoms with van der Waals surface area (Å²) in [5, 5.41) is 3.04. The molecule has 0 aromatic heterocycles. The maximum absolute atomic E-state index is 11.0. The van der Waals surface area contributed by atoms with Gasteiger partial charge in [-0.1, -0.05) is 39.7 Å². The molecule has 0 unspecified atom stereocenters. The highest BCUT2D eigenvalue weighted by Crippen LogP contribution is 2.02. The summed E-state index contributed by atoms with van der Waals surface area (Å²) in [5.41, 5.74) is 5.26. The van der Waals surface area contributed by atoms with E-state index in [1.165, 1.54) is 19.3 Å². The van der Waals surface area contributed by atoms with Crippen LogP contribution in [0.15, 0.2) is 12.3 Å². The minimum Gasteiger partial charge on any atom is -0.380 e. The zero-order valence-corrected chi connectivity index (χ0v) is 10.1. The Bertz CT molecular complexity index is 200. The Kier molecular flexibility index (Phi) is 7.78. The van der Waals surface area contributed by atoms with Gasteiger partial charge < -0.3 is 11.1 Å². The Morgan fingerprint density at radius 1 is 1.40 bits per heavy atom. The third kappa shape index (κ3) is 7.00. The van der Waals surface area contributed by atoms with E-state index in [4.69, 9.17) is 5.73 Å². The van der Waals surface area contributed by atoms with Crippen LogP contribution >= 0.6 is 0 Å². The SMILES string of the molecule is CCCCCC=CN[C@H](C(N)=O)C(C)C. The number of rotatable bonds is 8. The van der Waals surface area contributed by atoms with Gasteiger partial charge in [0.15, 0.2) is 0 Å². The maximum Gasteiger partial charge on any atom is 0.240 e. The van der Waals surface area contributed by atoms with Crippen LogP contribution in [0.5, 0.6) is 0 Å². The van der Waals surface area contributed by atoms with E-state index < -0.39 is 0 Å². The van der Waals surface area contributed by atoms with Crippen molar-refractivity contribution in [2.24, 2.45) is 11.7 Å². The molecule has 3 nitrogen and oxygen atoms in total. The normalized spacial score (nSPS) is 13.3. The molecule has 0 heterocycles. The Morgan fingerprint density at radius 2 is 2.07 bits per heavy atom. The van der Waals surface area contributed by atoms with Crippen LogP contribution in [-0.4, -0.2) is 11.9 Å². The molecule has 0 radical (unpaired) electrons. The van der Waals surface area contributed by atoms with E-state index in [9.17, 15) is 4.79 Å². The van der Waals surface area contributed by atoms with E-state index in [1.54, 1.807) is 0 Å². The lowest BCUT2D eigenvalue weighted by Crippen LogP contribution is -2.42. The second kappa shape index (κ2) is 8.33. The molecule has 0 saturated heterocycles. The quantitative estimate of drug-likeness (QED) is 0.606. The molecule has 1 amide bonds. The zero-order chi connectivity index (χ0) is 11.7. The van der Waals surface area contributed by atoms with Crippen molar-refractivity contribution in [3.63, 3.8) is 0 Å². The molecule has 0 saturated carbocycles. The summed E-state index contributed by atoms with van der Waals surface area (Å²) in [6.07, 6.45) is 8.67. The number of hydrogen-bond acceptors (Lipinski definition) is 2. The van der Waals surface area contributed by atoms with Crippen molar-refractivity contribution in [1.82, 2.24) is 5.32 Å². The largest absolute Gasteiger partial charge is 0.380 e. The van der Waals surface area contributed by atoms with E-state index in [2.05, 4.69) is 18.3 Å². The van der Waals surface area contributed by atoms with Crippen LogP contribution in [0.2, 0.25) is 0 Å². The van der Waals surface area contributed by atoms with Gasteiger partial charge in [-0.05, 0) is 25.0 Å². The molecule has 15 heavy (non-hydrogen) atoms. The van der Waals surface area contributed by atoms with Crippen molar-refractivity contribution in [2.45, 2.75) is 52.5 Å². The van der Waals surface area contributed by atoms with Crippen molar-refractivity contribution in [3.8, 4) is 0 Å². The molecule has 0 fully saturated rings. The number of carbonyl (C=O) groups excluding carboxylic acids is 1. The van der Waals surface area contributed by atoms with Gasteiger partial charge in [-0.2, -0.15) is 0 Å². The smallest absolute Gasteiger partial charge is 0.240 e. The monoisotopic (exact) mass is 212 g/mol. The third-order valence-corrected chi connectivity index (χ3v) is 2.34. The molecule has 0 rings (SSSR count). The van der Waals surface area contributed by atoms with E-state index >= 15 is 0 Å². The van der Waals surface area contributed by atoms with Crippen molar-refractivity contribution < 1.29 is 4.79 Å². The van der Waals surface area contributed by atoms with Crippen LogP contribution in [0.4, 0.5) is 0 Å². The Morgan fingerprint density at radius 3 is 2.53 bits per heavy atom. The van der Waals surface area contributed by atoms with Crippen LogP contribution in [-0.2, 0) is 4.79 Å². The average Bonchev–Trinajstić information content (AvgIpc) is 2.15. The van der Waals surface area contributed by atoms with Crippen molar-refractivity contribution in [2.75, 3.05) is 0 Å². The Balaban J connectivity index is 3.74. The molecule has 1 atom stereocenters. The number of carbonyl (C=O) groups is 1. The van der Waals surface area contributed by atoms with Gasteiger partial charge in [0.1, 0.15) is 6.04 Å². The Labute approximate surface area is 93.1 Å². The second-order valence-electron chi connectivity index (χ2n) is 4.19. The minimum atomic E-state index is -0.289. The van der Waals surface area contributed by atoms with E-state index in [0.29, 0.717) is 0 Å². The number of amides is 1.